The molecule has 0 saturated carbocycles. The van der Waals surface area contributed by atoms with Gasteiger partial charge in [0, 0.05) is 21.0 Å². The average Bonchev–Trinajstić information content (AvgIpc) is 2.74. The third-order valence-corrected chi connectivity index (χ3v) is 5.28. The Morgan fingerprint density at radius 3 is 1.95 bits per heavy atom. The molecule has 2 aromatic carbocycles. The van der Waals surface area contributed by atoms with Crippen molar-refractivity contribution in [1.82, 2.24) is 0 Å². The molecule has 2 aromatic rings. The van der Waals surface area contributed by atoms with Crippen molar-refractivity contribution in [3.05, 3.63) is 69.1 Å². The lowest BCUT2D eigenvalue weighted by molar-refractivity contribution is 0.276. The number of allylic oxidation sites excluding steroid dienone is 1. The molecule has 1 aliphatic carbocycles. The van der Waals surface area contributed by atoms with Crippen molar-refractivity contribution in [1.29, 1.82) is 0 Å². The van der Waals surface area contributed by atoms with Crippen LogP contribution in [0, 0.1) is 0 Å². The number of aliphatic hydroxyl groups excluding tert-OH is 1. The minimum Gasteiger partial charge on any atom is -0.396 e. The maximum absolute atomic E-state index is 9.29. The number of aliphatic hydroxyl groups is 1. The molecule has 1 nitrogen and oxygen atoms in total. The van der Waals surface area contributed by atoms with Gasteiger partial charge in [0.05, 0.1) is 0 Å². The van der Waals surface area contributed by atoms with Gasteiger partial charge in [0.2, 0.25) is 0 Å². The summed E-state index contributed by atoms with van der Waals surface area (Å²) < 4.78 is 2.15. The van der Waals surface area contributed by atoms with Crippen LogP contribution >= 0.6 is 31.9 Å². The molecule has 1 N–H and O–H groups in total. The van der Waals surface area contributed by atoms with Crippen molar-refractivity contribution < 1.29 is 5.11 Å². The average molecular weight is 408 g/mol. The summed E-state index contributed by atoms with van der Waals surface area (Å²) in [6.07, 6.45) is 3.65. The zero-order valence-corrected chi connectivity index (χ0v) is 14.7. The van der Waals surface area contributed by atoms with Crippen LogP contribution in [-0.4, -0.2) is 11.7 Å². The number of benzene rings is 2. The third kappa shape index (κ3) is 2.32. The summed E-state index contributed by atoms with van der Waals surface area (Å²) in [7, 11) is 0. The molecular weight excluding hydrogens is 392 g/mol. The Labute approximate surface area is 142 Å². The van der Waals surface area contributed by atoms with Gasteiger partial charge in [-0.1, -0.05) is 50.1 Å². The summed E-state index contributed by atoms with van der Waals surface area (Å²) in [4.78, 5) is 0. The lowest BCUT2D eigenvalue weighted by atomic mass is 9.75. The van der Waals surface area contributed by atoms with Crippen LogP contribution in [0.4, 0.5) is 0 Å². The smallest absolute Gasteiger partial charge is 0.0431 e. The molecular formula is C18H16Br2O. The first kappa shape index (κ1) is 15.0. The van der Waals surface area contributed by atoms with Crippen molar-refractivity contribution in [2.45, 2.75) is 18.3 Å². The van der Waals surface area contributed by atoms with Crippen LogP contribution < -0.4 is 0 Å². The van der Waals surface area contributed by atoms with Gasteiger partial charge in [-0.05, 0) is 59.4 Å². The lowest BCUT2D eigenvalue weighted by Gasteiger charge is -2.28. The minimum atomic E-state index is -0.221. The van der Waals surface area contributed by atoms with E-state index in [1.54, 1.807) is 0 Å². The molecule has 0 heterocycles. The number of rotatable bonds is 4. The normalized spacial score (nSPS) is 14.6. The highest BCUT2D eigenvalue weighted by molar-refractivity contribution is 9.10. The highest BCUT2D eigenvalue weighted by Crippen LogP contribution is 2.53. The molecule has 21 heavy (non-hydrogen) atoms. The van der Waals surface area contributed by atoms with E-state index < -0.39 is 0 Å². The second-order valence-corrected chi connectivity index (χ2v) is 7.21. The minimum absolute atomic E-state index is 0.197. The first-order chi connectivity index (χ1) is 10.1. The molecule has 1 aliphatic rings. The van der Waals surface area contributed by atoms with E-state index in [0.29, 0.717) is 0 Å². The van der Waals surface area contributed by atoms with E-state index in [-0.39, 0.29) is 12.0 Å². The molecule has 0 atom stereocenters. The molecule has 0 fully saturated rings. The summed E-state index contributed by atoms with van der Waals surface area (Å²) in [6, 6.07) is 12.9. The monoisotopic (exact) mass is 406 g/mol. The van der Waals surface area contributed by atoms with E-state index in [9.17, 15) is 5.11 Å². The van der Waals surface area contributed by atoms with E-state index in [0.717, 1.165) is 21.8 Å². The van der Waals surface area contributed by atoms with Gasteiger partial charge in [0.15, 0.2) is 0 Å². The van der Waals surface area contributed by atoms with E-state index in [2.05, 4.69) is 74.8 Å². The summed E-state index contributed by atoms with van der Waals surface area (Å²) in [5.74, 6) is 0. The van der Waals surface area contributed by atoms with E-state index >= 15 is 0 Å². The third-order valence-electron chi connectivity index (χ3n) is 4.29. The second-order valence-electron chi connectivity index (χ2n) is 5.38. The van der Waals surface area contributed by atoms with Crippen molar-refractivity contribution in [2.24, 2.45) is 0 Å². The van der Waals surface area contributed by atoms with Crippen LogP contribution in [0.1, 0.15) is 24.0 Å². The zero-order chi connectivity index (χ0) is 15.0. The number of hydrogen-bond donors (Lipinski definition) is 1. The number of halogens is 2. The highest BCUT2D eigenvalue weighted by Gasteiger charge is 2.40. The van der Waals surface area contributed by atoms with E-state index in [4.69, 9.17) is 0 Å². The molecule has 108 valence electrons. The summed E-state index contributed by atoms with van der Waals surface area (Å²) in [5.41, 5.74) is 4.85. The zero-order valence-electron chi connectivity index (χ0n) is 11.6. The van der Waals surface area contributed by atoms with Gasteiger partial charge in [-0.15, -0.1) is 6.58 Å². The van der Waals surface area contributed by atoms with Gasteiger partial charge in [0.25, 0.3) is 0 Å². The Morgan fingerprint density at radius 1 is 1.00 bits per heavy atom. The Balaban J connectivity index is 2.30. The molecule has 3 rings (SSSR count). The van der Waals surface area contributed by atoms with Crippen LogP contribution in [-0.2, 0) is 5.41 Å². The number of hydrogen-bond acceptors (Lipinski definition) is 1. The van der Waals surface area contributed by atoms with Gasteiger partial charge < -0.3 is 5.11 Å². The van der Waals surface area contributed by atoms with Crippen LogP contribution in [0.5, 0.6) is 0 Å². The maximum atomic E-state index is 9.29. The molecule has 0 radical (unpaired) electrons. The van der Waals surface area contributed by atoms with Crippen LogP contribution in [0.25, 0.3) is 11.1 Å². The predicted octanol–water partition coefficient (Wildman–Crippen LogP) is 5.44. The molecule has 0 amide bonds. The fourth-order valence-corrected chi connectivity index (χ4v) is 4.06. The van der Waals surface area contributed by atoms with Crippen LogP contribution in [0.2, 0.25) is 0 Å². The Kier molecular flexibility index (Phi) is 4.08. The SMILES string of the molecule is C=CC1(CCCO)c2cc(Br)ccc2-c2ccc(Br)cc21. The van der Waals surface area contributed by atoms with Crippen LogP contribution in [0.15, 0.2) is 58.0 Å². The summed E-state index contributed by atoms with van der Waals surface area (Å²) >= 11 is 7.16. The Hall–Kier alpha value is -0.900. The van der Waals surface area contributed by atoms with Gasteiger partial charge in [-0.3, -0.25) is 0 Å². The van der Waals surface area contributed by atoms with Gasteiger partial charge in [0.1, 0.15) is 0 Å². The van der Waals surface area contributed by atoms with E-state index in [1.807, 2.05) is 6.08 Å². The van der Waals surface area contributed by atoms with Crippen LogP contribution in [0.3, 0.4) is 0 Å². The predicted molar refractivity (Wildman–Crippen MR) is 94.6 cm³/mol. The van der Waals surface area contributed by atoms with Crippen molar-refractivity contribution in [3.8, 4) is 11.1 Å². The molecule has 0 bridgehead atoms. The van der Waals surface area contributed by atoms with Crippen molar-refractivity contribution >= 4 is 31.9 Å². The quantitative estimate of drug-likeness (QED) is 0.669. The maximum Gasteiger partial charge on any atom is 0.0431 e. The Morgan fingerprint density at radius 2 is 1.52 bits per heavy atom. The molecule has 0 aromatic heterocycles. The van der Waals surface area contributed by atoms with Gasteiger partial charge in [-0.25, -0.2) is 0 Å². The van der Waals surface area contributed by atoms with Gasteiger partial charge >= 0.3 is 0 Å². The molecule has 0 aliphatic heterocycles. The van der Waals surface area contributed by atoms with Crippen molar-refractivity contribution in [2.75, 3.05) is 6.61 Å². The second kappa shape index (κ2) is 5.71. The fraction of sp³-hybridized carbons (Fsp3) is 0.222. The molecule has 3 heteroatoms. The van der Waals surface area contributed by atoms with Gasteiger partial charge in [-0.2, -0.15) is 0 Å². The van der Waals surface area contributed by atoms with Crippen molar-refractivity contribution in [3.63, 3.8) is 0 Å². The Bertz CT molecular complexity index is 655. The first-order valence-corrected chi connectivity index (χ1v) is 8.56. The molecule has 0 unspecified atom stereocenters. The summed E-state index contributed by atoms with van der Waals surface area (Å²) in [6.45, 7) is 4.31. The molecule has 0 saturated heterocycles. The lowest BCUT2D eigenvalue weighted by Crippen LogP contribution is -2.22. The largest absolute Gasteiger partial charge is 0.396 e. The highest BCUT2D eigenvalue weighted by atomic mass is 79.9. The first-order valence-electron chi connectivity index (χ1n) is 6.97. The topological polar surface area (TPSA) is 20.2 Å². The number of fused-ring (bicyclic) bond motifs is 3. The standard InChI is InChI=1S/C18H16Br2O/c1-2-18(8-3-9-21)16-10-12(19)4-6-14(16)15-7-5-13(20)11-17(15)18/h2,4-7,10-11,21H,1,3,8-9H2. The fourth-order valence-electron chi connectivity index (χ4n) is 3.34. The van der Waals surface area contributed by atoms with E-state index in [1.165, 1.54) is 22.3 Å². The summed E-state index contributed by atoms with van der Waals surface area (Å²) in [5, 5.41) is 9.29. The molecule has 0 spiro atoms.